The Morgan fingerprint density at radius 2 is 1.92 bits per heavy atom. The lowest BCUT2D eigenvalue weighted by atomic mass is 9.80. The lowest BCUT2D eigenvalue weighted by Gasteiger charge is -2.46. The van der Waals surface area contributed by atoms with Gasteiger partial charge >= 0.3 is 0 Å². The van der Waals surface area contributed by atoms with Crippen LogP contribution in [0.2, 0.25) is 0 Å². The van der Waals surface area contributed by atoms with Crippen LogP contribution in [-0.2, 0) is 4.79 Å². The van der Waals surface area contributed by atoms with Gasteiger partial charge in [0.25, 0.3) is 0 Å². The van der Waals surface area contributed by atoms with Gasteiger partial charge in [0.15, 0.2) is 0 Å². The van der Waals surface area contributed by atoms with E-state index in [9.17, 15) is 4.79 Å². The van der Waals surface area contributed by atoms with E-state index in [0.717, 1.165) is 11.4 Å². The average molecular weight is 351 g/mol. The maximum Gasteiger partial charge on any atom is 0.224 e. The maximum absolute atomic E-state index is 12.5. The minimum atomic E-state index is 0.141. The average Bonchev–Trinajstić information content (AvgIpc) is 3.41. The van der Waals surface area contributed by atoms with Crippen LogP contribution in [0.3, 0.4) is 0 Å². The Morgan fingerprint density at radius 3 is 2.54 bits per heavy atom. The first-order valence-corrected chi connectivity index (χ1v) is 9.56. The molecule has 1 aromatic carbocycles. The number of amides is 1. The number of rotatable bonds is 5. The second-order valence-electron chi connectivity index (χ2n) is 7.89. The van der Waals surface area contributed by atoms with Crippen LogP contribution in [0.4, 0.5) is 5.69 Å². The molecular formula is C23H30N2O. The van der Waals surface area contributed by atoms with E-state index in [1.165, 1.54) is 24.0 Å². The number of benzene rings is 1. The van der Waals surface area contributed by atoms with Gasteiger partial charge in [0.1, 0.15) is 0 Å². The number of nitrogens with zero attached hydrogens (tertiary/aromatic N) is 1. The van der Waals surface area contributed by atoms with Crippen molar-refractivity contribution < 1.29 is 4.79 Å². The molecule has 26 heavy (non-hydrogen) atoms. The third-order valence-corrected chi connectivity index (χ3v) is 5.41. The van der Waals surface area contributed by atoms with Gasteiger partial charge in [-0.2, -0.15) is 0 Å². The summed E-state index contributed by atoms with van der Waals surface area (Å²) >= 11 is 0. The van der Waals surface area contributed by atoms with Crippen LogP contribution >= 0.6 is 0 Å². The molecule has 0 radical (unpaired) electrons. The Hall–Kier alpha value is -2.29. The number of nitrogens with one attached hydrogen (secondary N) is 1. The molecule has 2 unspecified atom stereocenters. The van der Waals surface area contributed by atoms with Gasteiger partial charge in [-0.25, -0.2) is 0 Å². The van der Waals surface area contributed by atoms with Gasteiger partial charge in [0.05, 0.1) is 6.04 Å². The molecule has 3 rings (SSSR count). The van der Waals surface area contributed by atoms with Crippen LogP contribution in [0.5, 0.6) is 0 Å². The van der Waals surface area contributed by atoms with Crippen LogP contribution in [0, 0.1) is 11.8 Å². The van der Waals surface area contributed by atoms with E-state index in [0.29, 0.717) is 11.8 Å². The molecule has 1 aliphatic heterocycles. The Balaban J connectivity index is 1.92. The smallest absolute Gasteiger partial charge is 0.224 e. The molecule has 1 aromatic rings. The molecule has 138 valence electrons. The number of hydrogen-bond donors (Lipinski definition) is 1. The van der Waals surface area contributed by atoms with Gasteiger partial charge in [0, 0.05) is 30.3 Å². The Morgan fingerprint density at radius 1 is 1.23 bits per heavy atom. The summed E-state index contributed by atoms with van der Waals surface area (Å²) in [5.41, 5.74) is 4.40. The number of carbonyl (C=O) groups excluding carboxylic acids is 1. The summed E-state index contributed by atoms with van der Waals surface area (Å²) < 4.78 is 0. The molecule has 1 saturated carbocycles. The van der Waals surface area contributed by atoms with E-state index >= 15 is 0 Å². The zero-order valence-electron chi connectivity index (χ0n) is 16.3. The highest BCUT2D eigenvalue weighted by Gasteiger charge is 2.47. The van der Waals surface area contributed by atoms with Gasteiger partial charge in [-0.3, -0.25) is 4.79 Å². The van der Waals surface area contributed by atoms with Crippen molar-refractivity contribution in [2.75, 3.05) is 4.90 Å². The lowest BCUT2D eigenvalue weighted by molar-refractivity contribution is -0.117. The summed E-state index contributed by atoms with van der Waals surface area (Å²) in [4.78, 5) is 14.5. The minimum absolute atomic E-state index is 0.141. The molecule has 3 nitrogen and oxygen atoms in total. The minimum Gasteiger partial charge on any atom is -0.378 e. The third-order valence-electron chi connectivity index (χ3n) is 5.41. The summed E-state index contributed by atoms with van der Waals surface area (Å²) in [5.74, 6) is 1.08. The van der Waals surface area contributed by atoms with E-state index < -0.39 is 0 Å². The number of anilines is 1. The Labute approximate surface area is 157 Å². The number of allylic oxidation sites excluding steroid dienone is 4. The standard InChI is InChI=1S/C23H30N2O/c1-15(2)9-8-10-16(3)24-22-17(4)23(19-13-14-19)25(18(5)26)21-12-7-6-11-20(21)22/h6-12,17,19,22-24H,3,13-14H2,1-2,4-5H3/b10-8-/t17-,22?,23?/m0/s1. The van der Waals surface area contributed by atoms with Crippen molar-refractivity contribution >= 4 is 11.6 Å². The van der Waals surface area contributed by atoms with Gasteiger partial charge in [-0.1, -0.05) is 49.4 Å². The normalized spacial score (nSPS) is 24.9. The van der Waals surface area contributed by atoms with Crippen LogP contribution in [0.15, 0.2) is 60.3 Å². The molecule has 0 aromatic heterocycles. The van der Waals surface area contributed by atoms with Gasteiger partial charge in [0.2, 0.25) is 5.91 Å². The van der Waals surface area contributed by atoms with Crippen molar-refractivity contribution in [3.05, 3.63) is 65.9 Å². The largest absolute Gasteiger partial charge is 0.378 e. The summed E-state index contributed by atoms with van der Waals surface area (Å²) in [7, 11) is 0. The Bertz CT molecular complexity index is 753. The molecule has 0 spiro atoms. The number of hydrogen-bond acceptors (Lipinski definition) is 2. The zero-order chi connectivity index (χ0) is 18.8. The van der Waals surface area contributed by atoms with Gasteiger partial charge in [-0.05, 0) is 50.3 Å². The highest BCUT2D eigenvalue weighted by atomic mass is 16.2. The molecule has 3 atom stereocenters. The van der Waals surface area contributed by atoms with E-state index in [4.69, 9.17) is 0 Å². The fourth-order valence-electron chi connectivity index (χ4n) is 4.12. The number of carbonyl (C=O) groups is 1. The first-order chi connectivity index (χ1) is 12.4. The van der Waals surface area contributed by atoms with Crippen LogP contribution in [0.25, 0.3) is 0 Å². The second-order valence-corrected chi connectivity index (χ2v) is 7.89. The molecule has 3 heteroatoms. The lowest BCUT2D eigenvalue weighted by Crippen LogP contribution is -2.52. The Kier molecular flexibility index (Phi) is 5.36. The highest BCUT2D eigenvalue weighted by molar-refractivity contribution is 5.94. The van der Waals surface area contributed by atoms with E-state index in [2.05, 4.69) is 56.9 Å². The van der Waals surface area contributed by atoms with Crippen molar-refractivity contribution in [1.29, 1.82) is 0 Å². The summed E-state index contributed by atoms with van der Waals surface area (Å²) in [5, 5.41) is 3.62. The van der Waals surface area contributed by atoms with Crippen molar-refractivity contribution in [3.8, 4) is 0 Å². The van der Waals surface area contributed by atoms with Crippen molar-refractivity contribution in [3.63, 3.8) is 0 Å². The van der Waals surface area contributed by atoms with Gasteiger partial charge < -0.3 is 10.2 Å². The van der Waals surface area contributed by atoms with Crippen LogP contribution in [-0.4, -0.2) is 11.9 Å². The van der Waals surface area contributed by atoms with Gasteiger partial charge in [-0.15, -0.1) is 0 Å². The zero-order valence-corrected chi connectivity index (χ0v) is 16.3. The molecule has 2 aliphatic rings. The summed E-state index contributed by atoms with van der Waals surface area (Å²) in [6.45, 7) is 12.3. The third kappa shape index (κ3) is 3.77. The fraction of sp³-hybridized carbons (Fsp3) is 0.435. The summed E-state index contributed by atoms with van der Waals surface area (Å²) in [6, 6.07) is 8.71. The fourth-order valence-corrected chi connectivity index (χ4v) is 4.12. The van der Waals surface area contributed by atoms with E-state index in [1.54, 1.807) is 6.92 Å². The molecule has 0 saturated heterocycles. The van der Waals surface area contributed by atoms with Crippen molar-refractivity contribution in [2.45, 2.75) is 52.6 Å². The molecule has 1 N–H and O–H groups in total. The number of para-hydroxylation sites is 1. The first kappa shape index (κ1) is 18.5. The van der Waals surface area contributed by atoms with E-state index in [-0.39, 0.29) is 18.0 Å². The van der Waals surface area contributed by atoms with Crippen molar-refractivity contribution in [1.82, 2.24) is 5.32 Å². The molecule has 1 amide bonds. The van der Waals surface area contributed by atoms with Crippen LogP contribution < -0.4 is 10.2 Å². The van der Waals surface area contributed by atoms with E-state index in [1.807, 2.05) is 23.1 Å². The maximum atomic E-state index is 12.5. The molecule has 1 heterocycles. The molecule has 0 bridgehead atoms. The molecular weight excluding hydrogens is 320 g/mol. The van der Waals surface area contributed by atoms with Crippen molar-refractivity contribution in [2.24, 2.45) is 11.8 Å². The predicted molar refractivity (Wildman–Crippen MR) is 109 cm³/mol. The summed E-state index contributed by atoms with van der Waals surface area (Å²) in [6.07, 6.45) is 8.57. The topological polar surface area (TPSA) is 32.3 Å². The first-order valence-electron chi connectivity index (χ1n) is 9.56. The SMILES string of the molecule is C=C(/C=C\C=C(C)C)NC1c2ccccc2N(C(C)=O)C(C2CC2)[C@H]1C. The molecule has 1 aliphatic carbocycles. The number of fused-ring (bicyclic) bond motifs is 1. The highest BCUT2D eigenvalue weighted by Crippen LogP contribution is 2.49. The van der Waals surface area contributed by atoms with Crippen LogP contribution in [0.1, 0.15) is 52.1 Å². The molecule has 1 fully saturated rings. The quantitative estimate of drug-likeness (QED) is 0.746. The predicted octanol–water partition coefficient (Wildman–Crippen LogP) is 5.13. The second kappa shape index (κ2) is 7.53. The monoisotopic (exact) mass is 350 g/mol.